The van der Waals surface area contributed by atoms with Crippen LogP contribution >= 0.6 is 23.1 Å². The minimum atomic E-state index is -5.39. The van der Waals surface area contributed by atoms with Crippen molar-refractivity contribution in [2.24, 2.45) is 0 Å². The Morgan fingerprint density at radius 2 is 2.00 bits per heavy atom. The Labute approximate surface area is 173 Å². The van der Waals surface area contributed by atoms with Crippen LogP contribution in [0.1, 0.15) is 12.6 Å². The molecule has 2 aromatic heterocycles. The maximum atomic E-state index is 12.3. The van der Waals surface area contributed by atoms with Gasteiger partial charge in [0.05, 0.1) is 26.6 Å². The minimum Gasteiger partial charge on any atom is -0.390 e. The SMILES string of the molecule is [BH3-]P(=O)(OCC1OC(n2cnc3c(=O)[nH]c(N)nc32)CC1O)OP(=O)(O)OP(=O)(O)O. The first-order chi connectivity index (χ1) is 14.2. The van der Waals surface area contributed by atoms with E-state index in [1.807, 2.05) is 0 Å². The fourth-order valence-electron chi connectivity index (χ4n) is 2.58. The zero-order valence-corrected chi connectivity index (χ0v) is 17.2. The molecule has 3 heterocycles. The third kappa shape index (κ3) is 6.09. The van der Waals surface area contributed by atoms with Gasteiger partial charge < -0.3 is 39.3 Å². The number of phosphoric acid groups is 2. The predicted octanol–water partition coefficient (Wildman–Crippen LogP) is -1.93. The third-order valence-corrected chi connectivity index (χ3v) is 7.08. The van der Waals surface area contributed by atoms with Gasteiger partial charge in [0.25, 0.3) is 5.56 Å². The van der Waals surface area contributed by atoms with E-state index in [1.165, 1.54) is 10.9 Å². The predicted molar refractivity (Wildman–Crippen MR) is 105 cm³/mol. The van der Waals surface area contributed by atoms with Gasteiger partial charge in [-0.25, -0.2) is 18.4 Å². The van der Waals surface area contributed by atoms with Crippen molar-refractivity contribution in [2.75, 3.05) is 12.3 Å². The molecule has 1 saturated heterocycles. The van der Waals surface area contributed by atoms with Crippen LogP contribution in [0.4, 0.5) is 5.95 Å². The Morgan fingerprint density at radius 3 is 2.65 bits per heavy atom. The second-order valence-electron chi connectivity index (χ2n) is 5.85. The average molecular weight is 504 g/mol. The molecule has 17 nitrogen and oxygen atoms in total. The monoisotopic (exact) mass is 504 g/mol. The highest BCUT2D eigenvalue weighted by Crippen LogP contribution is 2.66. The van der Waals surface area contributed by atoms with Crippen molar-refractivity contribution >= 4 is 47.8 Å². The van der Waals surface area contributed by atoms with Crippen LogP contribution in [0.5, 0.6) is 0 Å². The number of hydrogen-bond donors (Lipinski definition) is 6. The van der Waals surface area contributed by atoms with Crippen molar-refractivity contribution < 1.29 is 51.4 Å². The van der Waals surface area contributed by atoms with Crippen molar-refractivity contribution in [1.82, 2.24) is 19.5 Å². The maximum Gasteiger partial charge on any atom is 0.485 e. The molecule has 7 N–H and O–H groups in total. The highest BCUT2D eigenvalue weighted by Gasteiger charge is 2.39. The molecule has 0 amide bonds. The Hall–Kier alpha value is -1.42. The lowest BCUT2D eigenvalue weighted by Crippen LogP contribution is -2.26. The van der Waals surface area contributed by atoms with Crippen LogP contribution in [0.25, 0.3) is 11.2 Å². The van der Waals surface area contributed by atoms with Crippen molar-refractivity contribution in [2.45, 2.75) is 24.9 Å². The summed E-state index contributed by atoms with van der Waals surface area (Å²) in [6, 6.07) is 0. The Bertz CT molecular complexity index is 1180. The van der Waals surface area contributed by atoms with E-state index < -0.39 is 61.3 Å². The minimum absolute atomic E-state index is 0.00185. The van der Waals surface area contributed by atoms with Gasteiger partial charge in [0.2, 0.25) is 5.95 Å². The van der Waals surface area contributed by atoms with E-state index in [0.717, 1.165) is 0 Å². The van der Waals surface area contributed by atoms with Crippen LogP contribution in [0.3, 0.4) is 0 Å². The zero-order chi connectivity index (χ0) is 23.2. The summed E-state index contributed by atoms with van der Waals surface area (Å²) in [7, 11) is -16.3. The van der Waals surface area contributed by atoms with Crippen molar-refractivity contribution in [3.63, 3.8) is 0 Å². The molecule has 5 unspecified atom stereocenters. The number of hydrogen-bond acceptors (Lipinski definition) is 12. The second-order valence-corrected chi connectivity index (χ2v) is 9.78. The molecule has 0 aromatic carbocycles. The van der Waals surface area contributed by atoms with Gasteiger partial charge in [0.1, 0.15) is 12.3 Å². The number of aromatic nitrogens is 4. The number of nitrogens with two attached hydrogens (primary N) is 1. The normalized spacial score (nSPS) is 26.0. The van der Waals surface area contributed by atoms with Gasteiger partial charge in [-0.2, -0.15) is 9.29 Å². The lowest BCUT2D eigenvalue weighted by molar-refractivity contribution is -0.0388. The number of ether oxygens (including phenoxy) is 1. The van der Waals surface area contributed by atoms with E-state index in [-0.39, 0.29) is 23.5 Å². The van der Waals surface area contributed by atoms with Gasteiger partial charge in [0.15, 0.2) is 18.6 Å². The first-order valence-corrected chi connectivity index (χ1v) is 11.9. The fourth-order valence-corrected chi connectivity index (χ4v) is 5.18. The molecule has 0 aliphatic carbocycles. The van der Waals surface area contributed by atoms with E-state index in [2.05, 4.69) is 23.6 Å². The summed E-state index contributed by atoms with van der Waals surface area (Å²) in [4.78, 5) is 48.6. The lowest BCUT2D eigenvalue weighted by Gasteiger charge is -2.24. The smallest absolute Gasteiger partial charge is 0.390 e. The van der Waals surface area contributed by atoms with Gasteiger partial charge in [-0.05, 0) is 0 Å². The average Bonchev–Trinajstić information content (AvgIpc) is 3.13. The van der Waals surface area contributed by atoms with Gasteiger partial charge in [-0.1, -0.05) is 0 Å². The number of rotatable bonds is 8. The van der Waals surface area contributed by atoms with E-state index in [1.54, 1.807) is 0 Å². The van der Waals surface area contributed by atoms with Gasteiger partial charge in [0, 0.05) is 6.42 Å². The topological polar surface area (TPSA) is 259 Å². The summed E-state index contributed by atoms with van der Waals surface area (Å²) in [5, 5.41) is 10.2. The van der Waals surface area contributed by atoms with Crippen molar-refractivity contribution in [3.05, 3.63) is 16.7 Å². The largest absolute Gasteiger partial charge is 0.485 e. The van der Waals surface area contributed by atoms with Gasteiger partial charge >= 0.3 is 15.6 Å². The fraction of sp³-hybridized carbons (Fsp3) is 0.500. The van der Waals surface area contributed by atoms with Gasteiger partial charge in [-0.3, -0.25) is 14.3 Å². The summed E-state index contributed by atoms with van der Waals surface area (Å²) in [6.45, 7) is -0.531. The molecule has 1 fully saturated rings. The van der Waals surface area contributed by atoms with Crippen molar-refractivity contribution in [1.29, 1.82) is 0 Å². The summed E-state index contributed by atoms with van der Waals surface area (Å²) in [5.74, 6) is -0.151. The number of imidazole rings is 1. The van der Waals surface area contributed by atoms with Gasteiger partial charge in [-0.15, -0.1) is 0 Å². The Kier molecular flexibility index (Phi) is 6.64. The van der Waals surface area contributed by atoms with Crippen LogP contribution in [0, 0.1) is 0 Å². The van der Waals surface area contributed by atoms with Crippen molar-refractivity contribution in [3.8, 4) is 0 Å². The molecule has 3 rings (SSSR count). The summed E-state index contributed by atoms with van der Waals surface area (Å²) in [5.41, 5.74) is 5.07. The molecule has 0 bridgehead atoms. The number of nitrogens with one attached hydrogen (secondary N) is 1. The summed E-state index contributed by atoms with van der Waals surface area (Å²) < 4.78 is 54.5. The number of anilines is 1. The number of nitrogen functional groups attached to an aromatic ring is 1. The number of H-pyrrole nitrogens is 1. The molecular formula is C10H18BN5O12P3-. The lowest BCUT2D eigenvalue weighted by atomic mass is 10.2. The molecule has 21 heteroatoms. The van der Waals surface area contributed by atoms with Crippen LogP contribution < -0.4 is 11.3 Å². The molecule has 174 valence electrons. The molecule has 5 atom stereocenters. The van der Waals surface area contributed by atoms with E-state index in [4.69, 9.17) is 24.8 Å². The number of fused-ring (bicyclic) bond motifs is 1. The highest BCUT2D eigenvalue weighted by atomic mass is 31.3. The first kappa shape index (κ1) is 24.2. The van der Waals surface area contributed by atoms with Crippen LogP contribution in [-0.4, -0.2) is 65.7 Å². The van der Waals surface area contributed by atoms with E-state index in [0.29, 0.717) is 0 Å². The van der Waals surface area contributed by atoms with Crippen LogP contribution in [-0.2, 0) is 31.6 Å². The standard InChI is InChI=1S/C10H18BN5O12P3/c11-29(19,27-31(23,24)28-30(20,21)22)25-2-5-4(17)1-6(26-5)16-3-13-7-8(16)14-10(12)15-9(7)18/h3-6,17H,1-2H2,11H3,(H,23,24)(H2,20,21,22)(H3,12,14,15,18)/q-1. The van der Waals surface area contributed by atoms with E-state index in [9.17, 15) is 28.5 Å². The number of aliphatic hydroxyl groups excluding tert-OH is 1. The Balaban J connectivity index is 1.67. The first-order valence-electron chi connectivity index (χ1n) is 7.80. The molecule has 0 saturated carbocycles. The molecule has 2 aromatic rings. The zero-order valence-electron chi connectivity index (χ0n) is 14.5. The number of aromatic amines is 1. The molecule has 1 aliphatic rings. The number of nitrogens with zero attached hydrogens (tertiary/aromatic N) is 3. The molecule has 0 radical (unpaired) electrons. The second kappa shape index (κ2) is 8.50. The summed E-state index contributed by atoms with van der Waals surface area (Å²) >= 11 is 0. The summed E-state index contributed by atoms with van der Waals surface area (Å²) in [6.07, 6.45) is -1.75. The van der Waals surface area contributed by atoms with Crippen LogP contribution in [0.15, 0.2) is 11.1 Å². The maximum absolute atomic E-state index is 12.3. The highest BCUT2D eigenvalue weighted by molar-refractivity contribution is 7.84. The molecule has 0 spiro atoms. The van der Waals surface area contributed by atoms with Crippen LogP contribution in [0.2, 0.25) is 0 Å². The molecule has 1 aliphatic heterocycles. The third-order valence-electron chi connectivity index (χ3n) is 3.69. The molecule has 31 heavy (non-hydrogen) atoms. The number of aliphatic hydroxyl groups is 1. The van der Waals surface area contributed by atoms with E-state index >= 15 is 0 Å². The Morgan fingerprint density at radius 1 is 1.32 bits per heavy atom. The molecular weight excluding hydrogens is 486 g/mol. The quantitative estimate of drug-likeness (QED) is 0.169.